The molecule has 204 valence electrons. The van der Waals surface area contributed by atoms with Gasteiger partial charge in [0, 0.05) is 24.1 Å². The number of aliphatic hydroxyl groups is 1. The van der Waals surface area contributed by atoms with E-state index in [1.165, 1.54) is 11.0 Å². The molecule has 1 aliphatic rings. The van der Waals surface area contributed by atoms with Gasteiger partial charge in [0.1, 0.15) is 17.5 Å². The van der Waals surface area contributed by atoms with Gasteiger partial charge in [0.2, 0.25) is 0 Å². The minimum atomic E-state index is -4.66. The number of hydrogen-bond acceptors (Lipinski definition) is 8. The number of aliphatic hydroxyl groups excluding tert-OH is 1. The first kappa shape index (κ1) is 27.5. The number of amides is 1. The van der Waals surface area contributed by atoms with Gasteiger partial charge in [-0.15, -0.1) is 0 Å². The van der Waals surface area contributed by atoms with Crippen LogP contribution in [0, 0.1) is 0 Å². The van der Waals surface area contributed by atoms with Crippen molar-refractivity contribution in [1.29, 1.82) is 0 Å². The van der Waals surface area contributed by atoms with Crippen molar-refractivity contribution in [3.8, 4) is 11.6 Å². The summed E-state index contributed by atoms with van der Waals surface area (Å²) in [6.45, 7) is 4.90. The monoisotopic (exact) mass is 556 g/mol. The molecule has 0 unspecified atom stereocenters. The number of aromatic nitrogens is 3. The second-order valence-electron chi connectivity index (χ2n) is 9.51. The molecule has 1 amide bonds. The van der Waals surface area contributed by atoms with E-state index in [1.54, 1.807) is 32.9 Å². The fourth-order valence-corrected chi connectivity index (χ4v) is 4.20. The Bertz CT molecular complexity index is 1360. The van der Waals surface area contributed by atoms with Crippen LogP contribution in [0.15, 0.2) is 30.5 Å². The van der Waals surface area contributed by atoms with Crippen LogP contribution in [0.1, 0.15) is 38.4 Å². The van der Waals surface area contributed by atoms with Gasteiger partial charge in [0.15, 0.2) is 17.7 Å². The van der Waals surface area contributed by atoms with E-state index < -0.39 is 42.5 Å². The number of carbonyl (C=O) groups excluding carboxylic acids is 2. The van der Waals surface area contributed by atoms with Crippen LogP contribution in [-0.4, -0.2) is 61.8 Å². The highest BCUT2D eigenvalue weighted by Gasteiger charge is 2.40. The molecule has 3 aromatic rings. The summed E-state index contributed by atoms with van der Waals surface area (Å²) >= 11 is 6.44. The largest absolute Gasteiger partial charge is 0.487 e. The SMILES string of the molecule is CC(C)(C)OC(=O)N1C[C@@H](Oc2cc(-n3ccc(C(F)(F)F)n3)nc3c(Cl)c(CO)ccc23)C[C@H]1OC=O. The van der Waals surface area contributed by atoms with Crippen molar-refractivity contribution in [2.75, 3.05) is 6.54 Å². The van der Waals surface area contributed by atoms with E-state index >= 15 is 0 Å². The Kier molecular flexibility index (Phi) is 7.44. The molecular weight excluding hydrogens is 533 g/mol. The van der Waals surface area contributed by atoms with Gasteiger partial charge in [-0.3, -0.25) is 9.69 Å². The third-order valence-electron chi connectivity index (χ3n) is 5.58. The van der Waals surface area contributed by atoms with E-state index in [-0.39, 0.29) is 41.5 Å². The number of fused-ring (bicyclic) bond motifs is 1. The van der Waals surface area contributed by atoms with Crippen LogP contribution in [0.5, 0.6) is 5.75 Å². The zero-order valence-corrected chi connectivity index (χ0v) is 21.3. The molecule has 0 spiro atoms. The molecule has 1 aromatic carbocycles. The van der Waals surface area contributed by atoms with E-state index in [1.807, 2.05) is 0 Å². The van der Waals surface area contributed by atoms with E-state index in [2.05, 4.69) is 10.1 Å². The highest BCUT2D eigenvalue weighted by atomic mass is 35.5. The van der Waals surface area contributed by atoms with Crippen LogP contribution in [0.3, 0.4) is 0 Å². The predicted octanol–water partition coefficient (Wildman–Crippen LogP) is 4.47. The average Bonchev–Trinajstić information content (AvgIpc) is 3.46. The van der Waals surface area contributed by atoms with Crippen molar-refractivity contribution >= 4 is 35.1 Å². The number of nitrogens with zero attached hydrogens (tertiary/aromatic N) is 4. The van der Waals surface area contributed by atoms with Crippen molar-refractivity contribution in [3.05, 3.63) is 46.7 Å². The second-order valence-corrected chi connectivity index (χ2v) is 9.89. The van der Waals surface area contributed by atoms with Gasteiger partial charge in [0.05, 0.1) is 23.7 Å². The number of alkyl halides is 3. The summed E-state index contributed by atoms with van der Waals surface area (Å²) in [7, 11) is 0. The van der Waals surface area contributed by atoms with Crippen molar-refractivity contribution in [2.45, 2.75) is 57.9 Å². The molecule has 0 saturated carbocycles. The molecule has 38 heavy (non-hydrogen) atoms. The summed E-state index contributed by atoms with van der Waals surface area (Å²) < 4.78 is 57.0. The Morgan fingerprint density at radius 1 is 1.26 bits per heavy atom. The Hall–Kier alpha value is -3.58. The van der Waals surface area contributed by atoms with Crippen LogP contribution < -0.4 is 4.74 Å². The lowest BCUT2D eigenvalue weighted by molar-refractivity contribution is -0.141. The first-order valence-electron chi connectivity index (χ1n) is 11.4. The summed E-state index contributed by atoms with van der Waals surface area (Å²) in [5.74, 6) is 0.156. The lowest BCUT2D eigenvalue weighted by Gasteiger charge is -2.27. The normalized spacial score (nSPS) is 18.1. The molecular formula is C24H24ClF3N4O6. The Labute approximate surface area is 219 Å². The molecule has 2 atom stereocenters. The fourth-order valence-electron chi connectivity index (χ4n) is 3.93. The van der Waals surface area contributed by atoms with Gasteiger partial charge < -0.3 is 19.3 Å². The first-order valence-corrected chi connectivity index (χ1v) is 11.8. The summed E-state index contributed by atoms with van der Waals surface area (Å²) in [6, 6.07) is 5.35. The third kappa shape index (κ3) is 5.78. The third-order valence-corrected chi connectivity index (χ3v) is 6.00. The second kappa shape index (κ2) is 10.3. The van der Waals surface area contributed by atoms with Crippen LogP contribution >= 0.6 is 11.6 Å². The molecule has 0 aliphatic carbocycles. The van der Waals surface area contributed by atoms with E-state index in [0.29, 0.717) is 10.9 Å². The number of benzene rings is 1. The summed E-state index contributed by atoms with van der Waals surface area (Å²) in [5.41, 5.74) is -1.40. The molecule has 2 aromatic heterocycles. The maximum Gasteiger partial charge on any atom is 0.435 e. The Morgan fingerprint density at radius 3 is 2.61 bits per heavy atom. The minimum Gasteiger partial charge on any atom is -0.487 e. The van der Waals surface area contributed by atoms with E-state index in [4.69, 9.17) is 25.8 Å². The molecule has 0 bridgehead atoms. The van der Waals surface area contributed by atoms with Gasteiger partial charge in [-0.05, 0) is 38.5 Å². The molecule has 14 heteroatoms. The highest BCUT2D eigenvalue weighted by Crippen LogP contribution is 2.36. The van der Waals surface area contributed by atoms with E-state index in [0.717, 1.165) is 16.9 Å². The summed E-state index contributed by atoms with van der Waals surface area (Å²) in [5, 5.41) is 13.7. The minimum absolute atomic E-state index is 0.00494. The van der Waals surface area contributed by atoms with Gasteiger partial charge in [-0.25, -0.2) is 14.5 Å². The molecule has 1 N–H and O–H groups in total. The molecule has 0 radical (unpaired) electrons. The topological polar surface area (TPSA) is 116 Å². The van der Waals surface area contributed by atoms with Crippen LogP contribution in [0.4, 0.5) is 18.0 Å². The number of carbonyl (C=O) groups is 2. The van der Waals surface area contributed by atoms with Crippen LogP contribution in [-0.2, 0) is 27.1 Å². The molecule has 1 aliphatic heterocycles. The maximum absolute atomic E-state index is 13.1. The first-order chi connectivity index (χ1) is 17.8. The quantitative estimate of drug-likeness (QED) is 0.442. The van der Waals surface area contributed by atoms with Gasteiger partial charge in [0.25, 0.3) is 6.47 Å². The highest BCUT2D eigenvalue weighted by molar-refractivity contribution is 6.36. The molecule has 10 nitrogen and oxygen atoms in total. The lowest BCUT2D eigenvalue weighted by Crippen LogP contribution is -2.41. The van der Waals surface area contributed by atoms with Gasteiger partial charge in [-0.2, -0.15) is 18.3 Å². The Balaban J connectivity index is 1.72. The molecule has 1 fully saturated rings. The number of likely N-dealkylation sites (tertiary alicyclic amines) is 1. The van der Waals surface area contributed by atoms with E-state index in [9.17, 15) is 27.9 Å². The standard InChI is InChI=1S/C24H24ClF3N4O6/c1-23(2,3)38-22(35)31-10-14(8-19(31)36-12-34)37-16-9-18(32-7-6-17(30-32)24(26,27)28)29-21-15(16)5-4-13(11-33)20(21)25/h4-7,9,12,14,19,33H,8,10-11H2,1-3H3/t14-,19+/m0/s1. The van der Waals surface area contributed by atoms with Gasteiger partial charge >= 0.3 is 12.3 Å². The summed E-state index contributed by atoms with van der Waals surface area (Å²) in [4.78, 5) is 29.3. The van der Waals surface area contributed by atoms with Crippen molar-refractivity contribution in [1.82, 2.24) is 19.7 Å². The molecule has 4 rings (SSSR count). The van der Waals surface area contributed by atoms with Gasteiger partial charge in [-0.1, -0.05) is 17.7 Å². The zero-order valence-electron chi connectivity index (χ0n) is 20.5. The smallest absolute Gasteiger partial charge is 0.435 e. The zero-order chi connectivity index (χ0) is 27.8. The lowest BCUT2D eigenvalue weighted by atomic mass is 10.1. The van der Waals surface area contributed by atoms with Crippen molar-refractivity contribution in [2.24, 2.45) is 0 Å². The molecule has 1 saturated heterocycles. The Morgan fingerprint density at radius 2 is 2.00 bits per heavy atom. The van der Waals surface area contributed by atoms with Crippen LogP contribution in [0.25, 0.3) is 16.7 Å². The average molecular weight is 557 g/mol. The predicted molar refractivity (Wildman–Crippen MR) is 128 cm³/mol. The number of pyridine rings is 1. The van der Waals surface area contributed by atoms with Crippen molar-refractivity contribution < 1.29 is 42.1 Å². The number of hydrogen-bond donors (Lipinski definition) is 1. The number of ether oxygens (including phenoxy) is 3. The summed E-state index contributed by atoms with van der Waals surface area (Å²) in [6.07, 6.45) is -5.82. The van der Waals surface area contributed by atoms with Crippen molar-refractivity contribution in [3.63, 3.8) is 0 Å². The number of rotatable bonds is 6. The fraction of sp³-hybridized carbons (Fsp3) is 0.417. The van der Waals surface area contributed by atoms with Crippen LogP contribution in [0.2, 0.25) is 5.02 Å². The molecule has 3 heterocycles. The maximum atomic E-state index is 13.1. The number of halogens is 4.